The molecule has 0 radical (unpaired) electrons. The maximum atomic E-state index is 11.9. The van der Waals surface area contributed by atoms with Crippen molar-refractivity contribution in [3.05, 3.63) is 23.8 Å². The molecule has 0 heterocycles. The molecule has 0 aromatic rings. The predicted octanol–water partition coefficient (Wildman–Crippen LogP) is 0.795. The minimum Gasteiger partial charge on any atom is -0.462 e. The van der Waals surface area contributed by atoms with Crippen molar-refractivity contribution >= 4 is 5.97 Å². The van der Waals surface area contributed by atoms with E-state index in [-0.39, 0.29) is 12.6 Å². The van der Waals surface area contributed by atoms with Crippen LogP contribution in [0.5, 0.6) is 0 Å². The van der Waals surface area contributed by atoms with Gasteiger partial charge in [-0.3, -0.25) is 4.79 Å². The zero-order valence-corrected chi connectivity index (χ0v) is 9.64. The minimum absolute atomic E-state index is 0.165. The van der Waals surface area contributed by atoms with Gasteiger partial charge in [0, 0.05) is 0 Å². The smallest absolute Gasteiger partial charge is 0.316 e. The number of rotatable bonds is 4. The lowest BCUT2D eigenvalue weighted by atomic mass is 9.77. The molecule has 0 fully saturated rings. The summed E-state index contributed by atoms with van der Waals surface area (Å²) in [6.07, 6.45) is 5.30. The summed E-state index contributed by atoms with van der Waals surface area (Å²) >= 11 is 0. The van der Waals surface area contributed by atoms with Crippen LogP contribution in [-0.4, -0.2) is 35.5 Å². The molecule has 0 aromatic carbocycles. The van der Waals surface area contributed by atoms with Gasteiger partial charge in [0.1, 0.15) is 12.7 Å². The van der Waals surface area contributed by atoms with E-state index in [2.05, 4.69) is 0 Å². The van der Waals surface area contributed by atoms with E-state index < -0.39 is 18.1 Å². The van der Waals surface area contributed by atoms with Crippen molar-refractivity contribution in [3.8, 4) is 0 Å². The summed E-state index contributed by atoms with van der Waals surface area (Å²) in [5, 5.41) is 17.7. The predicted molar refractivity (Wildman–Crippen MR) is 59.7 cm³/mol. The molecule has 90 valence electrons. The molecule has 0 saturated carbocycles. The lowest BCUT2D eigenvalue weighted by Gasteiger charge is -2.29. The third-order valence-corrected chi connectivity index (χ3v) is 2.95. The molecule has 16 heavy (non-hydrogen) atoms. The van der Waals surface area contributed by atoms with Gasteiger partial charge in [-0.1, -0.05) is 23.8 Å². The van der Waals surface area contributed by atoms with Crippen LogP contribution in [0.4, 0.5) is 0 Å². The number of hydrogen-bond acceptors (Lipinski definition) is 4. The number of aliphatic hydroxyl groups is 2. The molecule has 4 nitrogen and oxygen atoms in total. The zero-order chi connectivity index (χ0) is 12.2. The number of carbonyl (C=O) groups is 1. The molecule has 0 spiro atoms. The highest BCUT2D eigenvalue weighted by atomic mass is 16.5. The molecule has 1 aliphatic rings. The molecule has 1 rings (SSSR count). The van der Waals surface area contributed by atoms with E-state index in [9.17, 15) is 4.79 Å². The summed E-state index contributed by atoms with van der Waals surface area (Å²) in [5.74, 6) is -0.363. The normalized spacial score (nSPS) is 26.1. The average Bonchev–Trinajstić information content (AvgIpc) is 2.29. The van der Waals surface area contributed by atoms with Gasteiger partial charge in [-0.05, 0) is 20.3 Å². The van der Waals surface area contributed by atoms with Crippen LogP contribution in [-0.2, 0) is 9.53 Å². The topological polar surface area (TPSA) is 66.8 Å². The molecule has 1 aliphatic carbocycles. The summed E-state index contributed by atoms with van der Waals surface area (Å²) in [6.45, 7) is 3.13. The van der Waals surface area contributed by atoms with Crippen LogP contribution >= 0.6 is 0 Å². The lowest BCUT2D eigenvalue weighted by molar-refractivity contribution is -0.156. The lowest BCUT2D eigenvalue weighted by Crippen LogP contribution is -2.34. The van der Waals surface area contributed by atoms with Crippen LogP contribution in [0.2, 0.25) is 0 Å². The fourth-order valence-corrected chi connectivity index (χ4v) is 1.49. The van der Waals surface area contributed by atoms with Gasteiger partial charge in [-0.25, -0.2) is 0 Å². The standard InChI is InChI=1S/C12H18O4/c1-9-5-3-4-6-12(9,2)11(15)16-8-10(14)7-13/h3-5,10,13-14H,6-8H2,1-2H3. The first kappa shape index (κ1) is 12.9. The second kappa shape index (κ2) is 5.27. The highest BCUT2D eigenvalue weighted by Gasteiger charge is 2.36. The molecule has 0 amide bonds. The number of carbonyl (C=O) groups excluding carboxylic acids is 1. The van der Waals surface area contributed by atoms with Gasteiger partial charge in [0.2, 0.25) is 0 Å². The van der Waals surface area contributed by atoms with Gasteiger partial charge < -0.3 is 14.9 Å². The first-order valence-electron chi connectivity index (χ1n) is 5.30. The first-order valence-corrected chi connectivity index (χ1v) is 5.30. The Kier molecular flexibility index (Phi) is 4.26. The molecule has 2 unspecified atom stereocenters. The Morgan fingerprint density at radius 1 is 1.69 bits per heavy atom. The van der Waals surface area contributed by atoms with E-state index in [0.717, 1.165) is 5.57 Å². The molecule has 0 aliphatic heterocycles. The van der Waals surface area contributed by atoms with Crippen molar-refractivity contribution in [2.24, 2.45) is 5.41 Å². The van der Waals surface area contributed by atoms with E-state index in [1.54, 1.807) is 0 Å². The van der Waals surface area contributed by atoms with Crippen molar-refractivity contribution in [2.45, 2.75) is 26.4 Å². The van der Waals surface area contributed by atoms with Crippen molar-refractivity contribution in [1.29, 1.82) is 0 Å². The molecule has 0 saturated heterocycles. The van der Waals surface area contributed by atoms with Gasteiger partial charge in [0.05, 0.1) is 12.0 Å². The van der Waals surface area contributed by atoms with Crippen LogP contribution in [0.3, 0.4) is 0 Å². The molecular weight excluding hydrogens is 208 g/mol. The molecule has 2 atom stereocenters. The van der Waals surface area contributed by atoms with Crippen LogP contribution in [0.1, 0.15) is 20.3 Å². The highest BCUT2D eigenvalue weighted by Crippen LogP contribution is 2.35. The zero-order valence-electron chi connectivity index (χ0n) is 9.64. The van der Waals surface area contributed by atoms with Crippen LogP contribution in [0.25, 0.3) is 0 Å². The Morgan fingerprint density at radius 3 is 2.94 bits per heavy atom. The maximum Gasteiger partial charge on any atom is 0.316 e. The van der Waals surface area contributed by atoms with Gasteiger partial charge in [-0.2, -0.15) is 0 Å². The van der Waals surface area contributed by atoms with Crippen molar-refractivity contribution < 1.29 is 19.7 Å². The number of ether oxygens (including phenoxy) is 1. The number of aliphatic hydroxyl groups excluding tert-OH is 2. The van der Waals surface area contributed by atoms with Crippen molar-refractivity contribution in [3.63, 3.8) is 0 Å². The van der Waals surface area contributed by atoms with E-state index in [0.29, 0.717) is 6.42 Å². The maximum absolute atomic E-state index is 11.9. The Balaban J connectivity index is 2.60. The number of esters is 1. The molecule has 0 bridgehead atoms. The monoisotopic (exact) mass is 226 g/mol. The summed E-state index contributed by atoms with van der Waals surface area (Å²) in [4.78, 5) is 11.9. The molecule has 2 N–H and O–H groups in total. The Morgan fingerprint density at radius 2 is 2.38 bits per heavy atom. The largest absolute Gasteiger partial charge is 0.462 e. The quantitative estimate of drug-likeness (QED) is 0.696. The Labute approximate surface area is 95.2 Å². The fraction of sp³-hybridized carbons (Fsp3) is 0.583. The Bertz CT molecular complexity index is 319. The van der Waals surface area contributed by atoms with Crippen molar-refractivity contribution in [1.82, 2.24) is 0 Å². The van der Waals surface area contributed by atoms with E-state index in [4.69, 9.17) is 14.9 Å². The second-order valence-corrected chi connectivity index (χ2v) is 4.25. The minimum atomic E-state index is -1.00. The summed E-state index contributed by atoms with van der Waals surface area (Å²) in [6, 6.07) is 0. The highest BCUT2D eigenvalue weighted by molar-refractivity contribution is 5.80. The molecule has 0 aromatic heterocycles. The molecule has 4 heteroatoms. The third-order valence-electron chi connectivity index (χ3n) is 2.95. The summed E-state index contributed by atoms with van der Waals surface area (Å²) in [5.41, 5.74) is 0.294. The van der Waals surface area contributed by atoms with Gasteiger partial charge in [0.25, 0.3) is 0 Å². The van der Waals surface area contributed by atoms with Crippen molar-refractivity contribution in [2.75, 3.05) is 13.2 Å². The third kappa shape index (κ3) is 2.71. The number of hydrogen-bond donors (Lipinski definition) is 2. The molecular formula is C12H18O4. The first-order chi connectivity index (χ1) is 7.50. The van der Waals surface area contributed by atoms with Gasteiger partial charge in [0.15, 0.2) is 0 Å². The van der Waals surface area contributed by atoms with Gasteiger partial charge >= 0.3 is 5.97 Å². The van der Waals surface area contributed by atoms with E-state index in [1.807, 2.05) is 32.1 Å². The van der Waals surface area contributed by atoms with Crippen LogP contribution in [0.15, 0.2) is 23.8 Å². The van der Waals surface area contributed by atoms with E-state index in [1.165, 1.54) is 0 Å². The fourth-order valence-electron chi connectivity index (χ4n) is 1.49. The van der Waals surface area contributed by atoms with Crippen LogP contribution in [0, 0.1) is 5.41 Å². The summed E-state index contributed by atoms with van der Waals surface area (Å²) < 4.78 is 4.98. The SMILES string of the molecule is CC1=CC=CCC1(C)C(=O)OCC(O)CO. The number of allylic oxidation sites excluding steroid dienone is 3. The van der Waals surface area contributed by atoms with Crippen LogP contribution < -0.4 is 0 Å². The second-order valence-electron chi connectivity index (χ2n) is 4.25. The van der Waals surface area contributed by atoms with E-state index >= 15 is 0 Å². The van der Waals surface area contributed by atoms with Gasteiger partial charge in [-0.15, -0.1) is 0 Å². The summed E-state index contributed by atoms with van der Waals surface area (Å²) in [7, 11) is 0. The Hall–Kier alpha value is -1.13. The average molecular weight is 226 g/mol.